The molecule has 4 rings (SSSR count). The Labute approximate surface area is 176 Å². The van der Waals surface area contributed by atoms with E-state index >= 15 is 0 Å². The van der Waals surface area contributed by atoms with Gasteiger partial charge in [0, 0.05) is 20.0 Å². The van der Waals surface area contributed by atoms with Crippen LogP contribution in [0.1, 0.15) is 50.9 Å². The molecule has 2 N–H and O–H groups in total. The number of fused-ring (bicyclic) bond motifs is 1. The Hall–Kier alpha value is -2.67. The summed E-state index contributed by atoms with van der Waals surface area (Å²) >= 11 is 0. The summed E-state index contributed by atoms with van der Waals surface area (Å²) < 4.78 is 3.57. The highest BCUT2D eigenvalue weighted by molar-refractivity contribution is 5.72. The lowest BCUT2D eigenvalue weighted by Crippen LogP contribution is -2.32. The van der Waals surface area contributed by atoms with Gasteiger partial charge in [-0.25, -0.2) is 4.98 Å². The molecule has 0 bridgehead atoms. The van der Waals surface area contributed by atoms with Gasteiger partial charge < -0.3 is 15.0 Å². The van der Waals surface area contributed by atoms with Crippen LogP contribution in [0.15, 0.2) is 35.1 Å². The maximum atomic E-state index is 13.3. The van der Waals surface area contributed by atoms with Crippen LogP contribution in [-0.2, 0) is 20.0 Å². The van der Waals surface area contributed by atoms with Crippen LogP contribution >= 0.6 is 0 Å². The molecule has 1 aromatic carbocycles. The molecular weight excluding hydrogens is 378 g/mol. The van der Waals surface area contributed by atoms with Crippen molar-refractivity contribution in [2.75, 3.05) is 5.32 Å². The molecule has 1 fully saturated rings. The van der Waals surface area contributed by atoms with E-state index in [1.165, 1.54) is 0 Å². The first-order valence-corrected chi connectivity index (χ1v) is 10.9. The van der Waals surface area contributed by atoms with Crippen molar-refractivity contribution in [2.24, 2.45) is 13.0 Å². The number of rotatable bonds is 7. The number of benzene rings is 1. The number of aliphatic hydroxyl groups is 1. The third kappa shape index (κ3) is 4.12. The Morgan fingerprint density at radius 2 is 1.97 bits per heavy atom. The molecule has 160 valence electrons. The van der Waals surface area contributed by atoms with Gasteiger partial charge in [-0.1, -0.05) is 44.2 Å². The Kier molecular flexibility index (Phi) is 5.90. The summed E-state index contributed by atoms with van der Waals surface area (Å²) in [5.74, 6) is 1.91. The van der Waals surface area contributed by atoms with Crippen LogP contribution < -0.4 is 10.9 Å². The number of imidazole rings is 1. The van der Waals surface area contributed by atoms with Gasteiger partial charge in [0.1, 0.15) is 5.82 Å². The average Bonchev–Trinajstić information content (AvgIpc) is 3.28. The molecule has 0 radical (unpaired) electrons. The summed E-state index contributed by atoms with van der Waals surface area (Å²) in [5.41, 5.74) is 2.02. The number of nitrogens with one attached hydrogen (secondary N) is 1. The molecule has 7 heteroatoms. The third-order valence-corrected chi connectivity index (χ3v) is 5.99. The molecule has 3 aromatic rings. The average molecular weight is 410 g/mol. The van der Waals surface area contributed by atoms with E-state index in [1.54, 1.807) is 11.6 Å². The molecule has 1 aliphatic carbocycles. The van der Waals surface area contributed by atoms with Crippen LogP contribution in [-0.4, -0.2) is 36.4 Å². The zero-order valence-corrected chi connectivity index (χ0v) is 18.0. The van der Waals surface area contributed by atoms with Gasteiger partial charge in [-0.2, -0.15) is 4.98 Å². The molecule has 1 saturated carbocycles. The number of anilines is 1. The Morgan fingerprint density at radius 3 is 2.63 bits per heavy atom. The highest BCUT2D eigenvalue weighted by atomic mass is 16.3. The summed E-state index contributed by atoms with van der Waals surface area (Å²) in [7, 11) is 1.73. The van der Waals surface area contributed by atoms with Crippen molar-refractivity contribution in [3.05, 3.63) is 52.1 Å². The van der Waals surface area contributed by atoms with Crippen molar-refractivity contribution >= 4 is 17.1 Å². The number of nitrogens with zero attached hydrogens (tertiary/aromatic N) is 4. The zero-order chi connectivity index (χ0) is 21.3. The quantitative estimate of drug-likeness (QED) is 0.626. The van der Waals surface area contributed by atoms with Crippen molar-refractivity contribution in [1.29, 1.82) is 0 Å². The lowest BCUT2D eigenvalue weighted by Gasteiger charge is -2.18. The van der Waals surface area contributed by atoms with Crippen LogP contribution in [0.3, 0.4) is 0 Å². The van der Waals surface area contributed by atoms with E-state index in [9.17, 15) is 9.90 Å². The number of aromatic nitrogens is 4. The van der Waals surface area contributed by atoms with Crippen LogP contribution in [0.5, 0.6) is 0 Å². The largest absolute Gasteiger partial charge is 0.391 e. The van der Waals surface area contributed by atoms with E-state index in [1.807, 2.05) is 22.8 Å². The fourth-order valence-electron chi connectivity index (χ4n) is 4.15. The highest BCUT2D eigenvalue weighted by Gasteiger charge is 2.27. The minimum absolute atomic E-state index is 0.0765. The van der Waals surface area contributed by atoms with Crippen LogP contribution in [0.25, 0.3) is 11.2 Å². The second-order valence-corrected chi connectivity index (χ2v) is 8.75. The maximum Gasteiger partial charge on any atom is 0.280 e. The van der Waals surface area contributed by atoms with E-state index in [0.717, 1.165) is 43.5 Å². The monoisotopic (exact) mass is 409 g/mol. The number of aliphatic hydroxyl groups excluding tert-OH is 1. The number of aryl methyl sites for hydroxylation is 1. The first kappa shape index (κ1) is 20.6. The molecule has 0 amide bonds. The van der Waals surface area contributed by atoms with E-state index in [0.29, 0.717) is 29.6 Å². The van der Waals surface area contributed by atoms with Crippen LogP contribution in [0.4, 0.5) is 5.95 Å². The van der Waals surface area contributed by atoms with Crippen molar-refractivity contribution in [2.45, 2.75) is 64.6 Å². The molecule has 2 aromatic heterocycles. The molecule has 30 heavy (non-hydrogen) atoms. The second kappa shape index (κ2) is 8.60. The lowest BCUT2D eigenvalue weighted by atomic mass is 10.1. The Morgan fingerprint density at radius 1 is 1.20 bits per heavy atom. The summed E-state index contributed by atoms with van der Waals surface area (Å²) in [5, 5.41) is 13.4. The molecule has 0 spiro atoms. The van der Waals surface area contributed by atoms with Gasteiger partial charge in [-0.3, -0.25) is 9.36 Å². The fourth-order valence-corrected chi connectivity index (χ4v) is 4.15. The fraction of sp³-hybridized carbons (Fsp3) is 0.522. The van der Waals surface area contributed by atoms with Gasteiger partial charge in [0.15, 0.2) is 11.2 Å². The molecule has 2 atom stereocenters. The van der Waals surface area contributed by atoms with E-state index in [4.69, 9.17) is 9.97 Å². The van der Waals surface area contributed by atoms with Gasteiger partial charge in [0.25, 0.3) is 5.56 Å². The van der Waals surface area contributed by atoms with Gasteiger partial charge in [-0.05, 0) is 37.2 Å². The van der Waals surface area contributed by atoms with Crippen LogP contribution in [0.2, 0.25) is 0 Å². The standard InChI is InChI=1S/C23H31N5O2/c1-15(2)12-13-19-25-21-20(28(19)14-16-8-5-4-6-9-16)22(30)27(3)23(26-21)24-17-10-7-11-18(17)29/h4-6,8-9,15,17-18,29H,7,10-14H2,1-3H3,(H,24,26)/t17-,18-/m1/s1. The smallest absolute Gasteiger partial charge is 0.280 e. The summed E-state index contributed by atoms with van der Waals surface area (Å²) in [6, 6.07) is 10.1. The predicted octanol–water partition coefficient (Wildman–Crippen LogP) is 3.09. The number of hydrogen-bond donors (Lipinski definition) is 2. The predicted molar refractivity (Wildman–Crippen MR) is 119 cm³/mol. The first-order valence-electron chi connectivity index (χ1n) is 10.9. The molecule has 0 unspecified atom stereocenters. The highest BCUT2D eigenvalue weighted by Crippen LogP contribution is 2.23. The Balaban J connectivity index is 1.78. The van der Waals surface area contributed by atoms with Gasteiger partial charge in [0.05, 0.1) is 12.1 Å². The lowest BCUT2D eigenvalue weighted by molar-refractivity contribution is 0.171. The molecule has 7 nitrogen and oxygen atoms in total. The van der Waals surface area contributed by atoms with E-state index in [-0.39, 0.29) is 11.6 Å². The van der Waals surface area contributed by atoms with Crippen molar-refractivity contribution in [3.63, 3.8) is 0 Å². The topological polar surface area (TPSA) is 85.0 Å². The normalized spacial score (nSPS) is 19.1. The van der Waals surface area contributed by atoms with Crippen molar-refractivity contribution in [3.8, 4) is 0 Å². The first-order chi connectivity index (χ1) is 14.4. The summed E-state index contributed by atoms with van der Waals surface area (Å²) in [6.07, 6.45) is 4.01. The second-order valence-electron chi connectivity index (χ2n) is 8.75. The SMILES string of the molecule is CC(C)CCc1nc2nc(N[C@@H]3CCC[C@H]3O)n(C)c(=O)c2n1Cc1ccccc1. The summed E-state index contributed by atoms with van der Waals surface area (Å²) in [4.78, 5) is 22.8. The molecule has 2 heterocycles. The van der Waals surface area contributed by atoms with Crippen molar-refractivity contribution in [1.82, 2.24) is 19.1 Å². The zero-order valence-electron chi connectivity index (χ0n) is 18.0. The minimum atomic E-state index is -0.408. The van der Waals surface area contributed by atoms with Gasteiger partial charge in [0.2, 0.25) is 5.95 Å². The van der Waals surface area contributed by atoms with E-state index in [2.05, 4.69) is 31.3 Å². The van der Waals surface area contributed by atoms with Crippen molar-refractivity contribution < 1.29 is 5.11 Å². The minimum Gasteiger partial charge on any atom is -0.391 e. The van der Waals surface area contributed by atoms with Gasteiger partial charge in [-0.15, -0.1) is 0 Å². The third-order valence-electron chi connectivity index (χ3n) is 5.99. The molecule has 0 aliphatic heterocycles. The maximum absolute atomic E-state index is 13.3. The van der Waals surface area contributed by atoms with E-state index < -0.39 is 6.10 Å². The molecule has 0 saturated heterocycles. The Bertz CT molecular complexity index is 1070. The molecular formula is C23H31N5O2. The number of hydrogen-bond acceptors (Lipinski definition) is 5. The van der Waals surface area contributed by atoms with Gasteiger partial charge >= 0.3 is 0 Å². The summed E-state index contributed by atoms with van der Waals surface area (Å²) in [6.45, 7) is 4.97. The van der Waals surface area contributed by atoms with Crippen LogP contribution in [0, 0.1) is 5.92 Å². The molecule has 1 aliphatic rings.